The third-order valence-corrected chi connectivity index (χ3v) is 13.3. The molecule has 0 aromatic rings. The summed E-state index contributed by atoms with van der Waals surface area (Å²) in [5.41, 5.74) is 0. The quantitative estimate of drug-likeness (QED) is 0.0321. The highest BCUT2D eigenvalue weighted by Crippen LogP contribution is 2.17. The number of rotatable bonds is 53. The van der Waals surface area contributed by atoms with Crippen LogP contribution in [0.5, 0.6) is 0 Å². The molecule has 374 valence electrons. The third kappa shape index (κ3) is 49.9. The van der Waals surface area contributed by atoms with Crippen LogP contribution in [0.4, 0.5) is 0 Å². The van der Waals surface area contributed by atoms with Crippen LogP contribution in [0.25, 0.3) is 0 Å². The summed E-state index contributed by atoms with van der Waals surface area (Å²) in [5.74, 6) is -0.0674. The summed E-state index contributed by atoms with van der Waals surface area (Å²) in [6, 6.07) is -0.631. The minimum absolute atomic E-state index is 0.00547. The molecule has 0 aliphatic carbocycles. The number of amides is 1. The van der Waals surface area contributed by atoms with Crippen molar-refractivity contribution in [3.63, 3.8) is 0 Å². The van der Waals surface area contributed by atoms with E-state index < -0.39 is 12.1 Å². The van der Waals surface area contributed by atoms with Crippen LogP contribution in [0.1, 0.15) is 316 Å². The molecule has 0 rings (SSSR count). The number of aliphatic hydroxyl groups is 2. The molecule has 0 aliphatic rings. The van der Waals surface area contributed by atoms with Crippen molar-refractivity contribution in [1.82, 2.24) is 5.32 Å². The fraction of sp³-hybridized carbons (Fsp3) is 0.930. The zero-order chi connectivity index (χ0) is 45.8. The van der Waals surface area contributed by atoms with Gasteiger partial charge in [0.15, 0.2) is 0 Å². The Balaban J connectivity index is 3.43. The van der Waals surface area contributed by atoms with Gasteiger partial charge in [0.05, 0.1) is 25.4 Å². The summed E-state index contributed by atoms with van der Waals surface area (Å²) in [7, 11) is 0. The molecule has 2 unspecified atom stereocenters. The van der Waals surface area contributed by atoms with E-state index in [9.17, 15) is 19.8 Å². The van der Waals surface area contributed by atoms with E-state index in [1.54, 1.807) is 6.08 Å². The van der Waals surface area contributed by atoms with Gasteiger partial charge in [0.2, 0.25) is 5.91 Å². The van der Waals surface area contributed by atoms with Crippen molar-refractivity contribution >= 4 is 11.9 Å². The Bertz CT molecular complexity index is 939. The lowest BCUT2D eigenvalue weighted by Gasteiger charge is -2.20. The highest BCUT2D eigenvalue weighted by Gasteiger charge is 2.18. The molecule has 0 saturated heterocycles. The minimum Gasteiger partial charge on any atom is -0.466 e. The van der Waals surface area contributed by atoms with E-state index in [0.717, 1.165) is 44.9 Å². The maximum absolute atomic E-state index is 12.4. The average Bonchev–Trinajstić information content (AvgIpc) is 3.28. The van der Waals surface area contributed by atoms with Crippen LogP contribution < -0.4 is 5.32 Å². The molecule has 1 amide bonds. The monoisotopic (exact) mass is 890 g/mol. The smallest absolute Gasteiger partial charge is 0.305 e. The van der Waals surface area contributed by atoms with Crippen LogP contribution in [-0.4, -0.2) is 47.4 Å². The van der Waals surface area contributed by atoms with Crippen LogP contribution in [0.15, 0.2) is 12.2 Å². The van der Waals surface area contributed by atoms with Gasteiger partial charge >= 0.3 is 5.97 Å². The van der Waals surface area contributed by atoms with Crippen LogP contribution >= 0.6 is 0 Å². The first-order valence-electron chi connectivity index (χ1n) is 28.5. The van der Waals surface area contributed by atoms with Crippen LogP contribution in [0.2, 0.25) is 0 Å². The topological polar surface area (TPSA) is 95.9 Å². The number of hydrogen-bond donors (Lipinski definition) is 3. The lowest BCUT2D eigenvalue weighted by Crippen LogP contribution is -2.45. The van der Waals surface area contributed by atoms with Crippen molar-refractivity contribution in [2.75, 3.05) is 13.2 Å². The number of ether oxygens (including phenoxy) is 1. The van der Waals surface area contributed by atoms with Gasteiger partial charge in [0.1, 0.15) is 0 Å². The van der Waals surface area contributed by atoms with Crippen LogP contribution in [0.3, 0.4) is 0 Å². The number of esters is 1. The molecule has 0 aliphatic heterocycles. The van der Waals surface area contributed by atoms with Gasteiger partial charge in [0, 0.05) is 12.8 Å². The molecular weight excluding hydrogens is 779 g/mol. The van der Waals surface area contributed by atoms with Crippen molar-refractivity contribution in [2.24, 2.45) is 0 Å². The molecular formula is C57H111NO5. The Morgan fingerprint density at radius 2 is 0.730 bits per heavy atom. The van der Waals surface area contributed by atoms with Crippen molar-refractivity contribution < 1.29 is 24.5 Å². The zero-order valence-electron chi connectivity index (χ0n) is 42.6. The molecule has 0 heterocycles. The van der Waals surface area contributed by atoms with Crippen molar-refractivity contribution in [3.8, 4) is 0 Å². The predicted molar refractivity (Wildman–Crippen MR) is 273 cm³/mol. The lowest BCUT2D eigenvalue weighted by molar-refractivity contribution is -0.143. The standard InChI is InChI=1S/C57H111NO5/c1-3-5-7-9-11-13-15-17-21-25-29-33-37-41-45-49-55(60)54(53-59)58-56(61)50-46-42-38-34-30-26-23-19-20-24-28-32-36-40-44-48-52-63-57(62)51-47-43-39-35-31-27-22-18-16-14-12-10-8-6-4-2/h45,49,54-55,59-60H,3-44,46-48,50-53H2,1-2H3,(H,58,61)/b49-45+. The summed E-state index contributed by atoms with van der Waals surface area (Å²) in [6.07, 6.45) is 62.2. The predicted octanol–water partition coefficient (Wildman–Crippen LogP) is 17.3. The Kier molecular flexibility index (Phi) is 52.0. The molecule has 0 radical (unpaired) electrons. The number of nitrogens with one attached hydrogen (secondary N) is 1. The van der Waals surface area contributed by atoms with E-state index in [-0.39, 0.29) is 18.5 Å². The van der Waals surface area contributed by atoms with E-state index in [2.05, 4.69) is 19.2 Å². The summed E-state index contributed by atoms with van der Waals surface area (Å²) in [6.45, 7) is 4.91. The average molecular weight is 891 g/mol. The molecule has 0 saturated carbocycles. The van der Waals surface area contributed by atoms with Crippen molar-refractivity contribution in [1.29, 1.82) is 0 Å². The Labute approximate surface area is 393 Å². The van der Waals surface area contributed by atoms with Gasteiger partial charge in [-0.15, -0.1) is 0 Å². The maximum atomic E-state index is 12.4. The fourth-order valence-corrected chi connectivity index (χ4v) is 8.93. The highest BCUT2D eigenvalue weighted by molar-refractivity contribution is 5.76. The molecule has 6 nitrogen and oxygen atoms in total. The van der Waals surface area contributed by atoms with E-state index in [1.165, 1.54) is 244 Å². The Hall–Kier alpha value is -1.40. The Morgan fingerprint density at radius 3 is 1.08 bits per heavy atom. The first-order chi connectivity index (χ1) is 31.0. The second-order valence-corrected chi connectivity index (χ2v) is 19.6. The minimum atomic E-state index is -0.848. The number of hydrogen-bond acceptors (Lipinski definition) is 5. The van der Waals surface area contributed by atoms with Crippen molar-refractivity contribution in [2.45, 2.75) is 328 Å². The number of carbonyl (C=O) groups excluding carboxylic acids is 2. The molecule has 0 spiro atoms. The zero-order valence-corrected chi connectivity index (χ0v) is 42.6. The molecule has 3 N–H and O–H groups in total. The molecule has 63 heavy (non-hydrogen) atoms. The van der Waals surface area contributed by atoms with Gasteiger partial charge in [-0.25, -0.2) is 0 Å². The summed E-state index contributed by atoms with van der Waals surface area (Å²) in [4.78, 5) is 24.5. The van der Waals surface area contributed by atoms with Crippen LogP contribution in [0, 0.1) is 0 Å². The molecule has 0 aromatic carbocycles. The third-order valence-electron chi connectivity index (χ3n) is 13.3. The first kappa shape index (κ1) is 61.6. The molecule has 0 fully saturated rings. The van der Waals surface area contributed by atoms with Crippen LogP contribution in [-0.2, 0) is 14.3 Å². The lowest BCUT2D eigenvalue weighted by atomic mass is 10.0. The summed E-state index contributed by atoms with van der Waals surface area (Å²) in [5, 5.41) is 23.1. The van der Waals surface area contributed by atoms with Gasteiger partial charge in [0.25, 0.3) is 0 Å². The molecule has 2 atom stereocenters. The van der Waals surface area contributed by atoms with E-state index in [0.29, 0.717) is 19.4 Å². The van der Waals surface area contributed by atoms with Gasteiger partial charge in [-0.3, -0.25) is 9.59 Å². The van der Waals surface area contributed by atoms with Gasteiger partial charge in [-0.1, -0.05) is 283 Å². The maximum Gasteiger partial charge on any atom is 0.305 e. The van der Waals surface area contributed by atoms with Crippen molar-refractivity contribution in [3.05, 3.63) is 12.2 Å². The number of allylic oxidation sites excluding steroid dienone is 1. The largest absolute Gasteiger partial charge is 0.466 e. The number of unbranched alkanes of at least 4 members (excludes halogenated alkanes) is 42. The second kappa shape index (κ2) is 53.2. The fourth-order valence-electron chi connectivity index (χ4n) is 8.93. The number of aliphatic hydroxyl groups excluding tert-OH is 2. The molecule has 0 bridgehead atoms. The van der Waals surface area contributed by atoms with Gasteiger partial charge in [-0.05, 0) is 32.1 Å². The SMILES string of the molecule is CCCCCCCCCCCCCCC/C=C/C(O)C(CO)NC(=O)CCCCCCCCCCCCCCCCCCOC(=O)CCCCCCCCCCCCCCCCC. The first-order valence-corrected chi connectivity index (χ1v) is 28.5. The Morgan fingerprint density at radius 1 is 0.429 bits per heavy atom. The summed E-state index contributed by atoms with van der Waals surface area (Å²) >= 11 is 0. The highest BCUT2D eigenvalue weighted by atomic mass is 16.5. The van der Waals surface area contributed by atoms with E-state index in [4.69, 9.17) is 4.74 Å². The molecule has 0 aromatic heterocycles. The van der Waals surface area contributed by atoms with E-state index in [1.807, 2.05) is 6.08 Å². The normalized spacial score (nSPS) is 12.6. The number of carbonyl (C=O) groups is 2. The van der Waals surface area contributed by atoms with E-state index >= 15 is 0 Å². The second-order valence-electron chi connectivity index (χ2n) is 19.6. The molecule has 6 heteroatoms. The van der Waals surface area contributed by atoms with Gasteiger partial charge < -0.3 is 20.3 Å². The summed E-state index contributed by atoms with van der Waals surface area (Å²) < 4.78 is 5.48. The van der Waals surface area contributed by atoms with Gasteiger partial charge in [-0.2, -0.15) is 0 Å².